The maximum Gasteiger partial charge on any atom is 0.0603 e. The number of nitrogens with two attached hydrogens (primary N) is 1. The molecule has 2 N–H and O–H groups in total. The van der Waals surface area contributed by atoms with Crippen molar-refractivity contribution in [1.82, 2.24) is 0 Å². The van der Waals surface area contributed by atoms with Gasteiger partial charge in [0.25, 0.3) is 0 Å². The van der Waals surface area contributed by atoms with Crippen LogP contribution in [0, 0.1) is 0 Å². The molecule has 2 aromatic rings. The van der Waals surface area contributed by atoms with E-state index in [-0.39, 0.29) is 0 Å². The molecule has 0 radical (unpaired) electrons. The molecule has 0 atom stereocenters. The summed E-state index contributed by atoms with van der Waals surface area (Å²) in [6.07, 6.45) is 1.09. The third kappa shape index (κ3) is 2.10. The Hall–Kier alpha value is -1.48. The van der Waals surface area contributed by atoms with E-state index >= 15 is 0 Å². The van der Waals surface area contributed by atoms with E-state index in [9.17, 15) is 0 Å². The highest BCUT2D eigenvalue weighted by Crippen LogP contribution is 2.30. The van der Waals surface area contributed by atoms with Crippen molar-refractivity contribution >= 4 is 27.3 Å². The summed E-state index contributed by atoms with van der Waals surface area (Å²) in [4.78, 5) is 2.35. The van der Waals surface area contributed by atoms with Gasteiger partial charge in [-0.25, -0.2) is 0 Å². The van der Waals surface area contributed by atoms with Gasteiger partial charge in [0.15, 0.2) is 0 Å². The van der Waals surface area contributed by atoms with Gasteiger partial charge in [0, 0.05) is 17.6 Å². The smallest absolute Gasteiger partial charge is 0.0603 e. The SMILES string of the molecule is Nc1cc(Br)ccc1N1CCc2ccccc2C1. The number of hydrogen-bond acceptors (Lipinski definition) is 2. The van der Waals surface area contributed by atoms with E-state index in [1.54, 1.807) is 0 Å². The Morgan fingerprint density at radius 3 is 2.61 bits per heavy atom. The van der Waals surface area contributed by atoms with Crippen molar-refractivity contribution in [3.63, 3.8) is 0 Å². The van der Waals surface area contributed by atoms with Crippen molar-refractivity contribution in [2.75, 3.05) is 17.2 Å². The molecule has 0 bridgehead atoms. The molecule has 3 rings (SSSR count). The van der Waals surface area contributed by atoms with Gasteiger partial charge in [0.05, 0.1) is 11.4 Å². The summed E-state index contributed by atoms with van der Waals surface area (Å²) in [5, 5.41) is 0. The molecule has 0 saturated heterocycles. The van der Waals surface area contributed by atoms with Gasteiger partial charge >= 0.3 is 0 Å². The first-order chi connectivity index (χ1) is 8.74. The first kappa shape index (κ1) is 11.6. The molecule has 0 amide bonds. The standard InChI is InChI=1S/C15H15BrN2/c16-13-5-6-15(14(17)9-13)18-8-7-11-3-1-2-4-12(11)10-18/h1-6,9H,7-8,10,17H2. The normalized spacial score (nSPS) is 14.4. The molecular formula is C15H15BrN2. The zero-order valence-electron chi connectivity index (χ0n) is 10.1. The number of nitrogen functional groups attached to an aromatic ring is 1. The Morgan fingerprint density at radius 2 is 1.83 bits per heavy atom. The van der Waals surface area contributed by atoms with Crippen LogP contribution in [0.5, 0.6) is 0 Å². The summed E-state index contributed by atoms with van der Waals surface area (Å²) < 4.78 is 1.03. The first-order valence-electron chi connectivity index (χ1n) is 6.11. The van der Waals surface area contributed by atoms with Gasteiger partial charge in [-0.15, -0.1) is 0 Å². The fourth-order valence-electron chi connectivity index (χ4n) is 2.51. The molecule has 92 valence electrons. The van der Waals surface area contributed by atoms with E-state index in [0.717, 1.165) is 35.4 Å². The third-order valence-corrected chi connectivity index (χ3v) is 3.95. The van der Waals surface area contributed by atoms with Crippen molar-refractivity contribution in [2.45, 2.75) is 13.0 Å². The van der Waals surface area contributed by atoms with E-state index in [0.29, 0.717) is 0 Å². The number of anilines is 2. The summed E-state index contributed by atoms with van der Waals surface area (Å²) in [5.74, 6) is 0. The second-order valence-corrected chi connectivity index (χ2v) is 5.56. The number of fused-ring (bicyclic) bond motifs is 1. The largest absolute Gasteiger partial charge is 0.397 e. The van der Waals surface area contributed by atoms with Crippen LogP contribution in [-0.4, -0.2) is 6.54 Å². The summed E-state index contributed by atoms with van der Waals surface area (Å²) in [7, 11) is 0. The topological polar surface area (TPSA) is 29.3 Å². The van der Waals surface area contributed by atoms with E-state index in [4.69, 9.17) is 5.73 Å². The van der Waals surface area contributed by atoms with Crippen LogP contribution in [0.4, 0.5) is 11.4 Å². The average Bonchev–Trinajstić information content (AvgIpc) is 2.38. The lowest BCUT2D eigenvalue weighted by Gasteiger charge is -2.31. The molecule has 0 aliphatic carbocycles. The summed E-state index contributed by atoms with van der Waals surface area (Å²) in [6, 6.07) is 14.7. The molecule has 1 heterocycles. The van der Waals surface area contributed by atoms with Gasteiger partial charge in [0.2, 0.25) is 0 Å². The number of halogens is 1. The minimum absolute atomic E-state index is 0.837. The number of nitrogens with zero attached hydrogens (tertiary/aromatic N) is 1. The Balaban J connectivity index is 1.92. The molecule has 0 fully saturated rings. The Morgan fingerprint density at radius 1 is 1.06 bits per heavy atom. The number of benzene rings is 2. The van der Waals surface area contributed by atoms with Gasteiger partial charge in [-0.1, -0.05) is 40.2 Å². The van der Waals surface area contributed by atoms with Crippen molar-refractivity contribution in [3.8, 4) is 0 Å². The number of hydrogen-bond donors (Lipinski definition) is 1. The van der Waals surface area contributed by atoms with Gasteiger partial charge in [-0.2, -0.15) is 0 Å². The lowest BCUT2D eigenvalue weighted by Crippen LogP contribution is -2.30. The first-order valence-corrected chi connectivity index (χ1v) is 6.90. The van der Waals surface area contributed by atoms with Crippen molar-refractivity contribution < 1.29 is 0 Å². The van der Waals surface area contributed by atoms with Crippen LogP contribution in [0.3, 0.4) is 0 Å². The molecular weight excluding hydrogens is 288 g/mol. The van der Waals surface area contributed by atoms with E-state index in [1.807, 2.05) is 12.1 Å². The van der Waals surface area contributed by atoms with Gasteiger partial charge in [0.1, 0.15) is 0 Å². The van der Waals surface area contributed by atoms with Crippen LogP contribution in [0.15, 0.2) is 46.9 Å². The average molecular weight is 303 g/mol. The van der Waals surface area contributed by atoms with Crippen molar-refractivity contribution in [2.24, 2.45) is 0 Å². The molecule has 3 heteroatoms. The molecule has 0 unspecified atom stereocenters. The Kier molecular flexibility index (Phi) is 3.00. The fourth-order valence-corrected chi connectivity index (χ4v) is 2.89. The second-order valence-electron chi connectivity index (χ2n) is 4.64. The summed E-state index contributed by atoms with van der Waals surface area (Å²) >= 11 is 3.45. The molecule has 0 saturated carbocycles. The molecule has 18 heavy (non-hydrogen) atoms. The zero-order chi connectivity index (χ0) is 12.5. The highest BCUT2D eigenvalue weighted by Gasteiger charge is 2.17. The Bertz CT molecular complexity index is 580. The predicted octanol–water partition coefficient (Wildman–Crippen LogP) is 3.59. The minimum Gasteiger partial charge on any atom is -0.397 e. The van der Waals surface area contributed by atoms with Gasteiger partial charge < -0.3 is 10.6 Å². The van der Waals surface area contributed by atoms with Crippen LogP contribution < -0.4 is 10.6 Å². The van der Waals surface area contributed by atoms with Gasteiger partial charge in [-0.3, -0.25) is 0 Å². The molecule has 0 aromatic heterocycles. The summed E-state index contributed by atoms with van der Waals surface area (Å²) in [6.45, 7) is 1.98. The van der Waals surface area contributed by atoms with Crippen LogP contribution in [0.1, 0.15) is 11.1 Å². The van der Waals surface area contributed by atoms with Crippen LogP contribution in [0.2, 0.25) is 0 Å². The maximum absolute atomic E-state index is 6.10. The molecule has 2 nitrogen and oxygen atoms in total. The summed E-state index contributed by atoms with van der Waals surface area (Å²) in [5.41, 5.74) is 10.9. The quantitative estimate of drug-likeness (QED) is 0.816. The van der Waals surface area contributed by atoms with Crippen LogP contribution in [0.25, 0.3) is 0 Å². The molecule has 2 aromatic carbocycles. The van der Waals surface area contributed by atoms with E-state index in [2.05, 4.69) is 51.2 Å². The van der Waals surface area contributed by atoms with E-state index < -0.39 is 0 Å². The predicted molar refractivity (Wildman–Crippen MR) is 79.8 cm³/mol. The van der Waals surface area contributed by atoms with Gasteiger partial charge in [-0.05, 0) is 35.7 Å². The van der Waals surface area contributed by atoms with Crippen LogP contribution >= 0.6 is 15.9 Å². The maximum atomic E-state index is 6.10. The lowest BCUT2D eigenvalue weighted by atomic mass is 9.99. The third-order valence-electron chi connectivity index (χ3n) is 3.46. The second kappa shape index (κ2) is 4.65. The molecule has 0 spiro atoms. The molecule has 1 aliphatic rings. The Labute approximate surface area is 116 Å². The van der Waals surface area contributed by atoms with E-state index in [1.165, 1.54) is 11.1 Å². The molecule has 1 aliphatic heterocycles. The highest BCUT2D eigenvalue weighted by atomic mass is 79.9. The number of rotatable bonds is 1. The minimum atomic E-state index is 0.837. The van der Waals surface area contributed by atoms with Crippen molar-refractivity contribution in [3.05, 3.63) is 58.1 Å². The van der Waals surface area contributed by atoms with Crippen molar-refractivity contribution in [1.29, 1.82) is 0 Å². The lowest BCUT2D eigenvalue weighted by molar-refractivity contribution is 0.732. The monoisotopic (exact) mass is 302 g/mol. The highest BCUT2D eigenvalue weighted by molar-refractivity contribution is 9.10. The fraction of sp³-hybridized carbons (Fsp3) is 0.200. The van der Waals surface area contributed by atoms with Crippen LogP contribution in [-0.2, 0) is 13.0 Å². The zero-order valence-corrected chi connectivity index (χ0v) is 11.7.